The molecule has 17 heavy (non-hydrogen) atoms. The summed E-state index contributed by atoms with van der Waals surface area (Å²) in [4.78, 5) is 0. The molecule has 0 saturated carbocycles. The molecule has 3 heteroatoms. The van der Waals surface area contributed by atoms with Crippen LogP contribution >= 0.6 is 0 Å². The van der Waals surface area contributed by atoms with Crippen molar-refractivity contribution in [3.8, 4) is 5.75 Å². The number of nitrogens with two attached hydrogens (primary N) is 1. The largest absolute Gasteiger partial charge is 0.493 e. The molecule has 0 heterocycles. The first-order chi connectivity index (χ1) is 8.26. The molecule has 0 unspecified atom stereocenters. The van der Waals surface area contributed by atoms with Gasteiger partial charge in [0.2, 0.25) is 0 Å². The SMILES string of the molecule is CCCCCNc1cc(N)cc(OCCC)c1. The summed E-state index contributed by atoms with van der Waals surface area (Å²) < 4.78 is 5.58. The smallest absolute Gasteiger partial charge is 0.123 e. The first-order valence-electron chi connectivity index (χ1n) is 6.53. The summed E-state index contributed by atoms with van der Waals surface area (Å²) in [6, 6.07) is 5.83. The Hall–Kier alpha value is -1.38. The van der Waals surface area contributed by atoms with Gasteiger partial charge in [0.15, 0.2) is 0 Å². The fraction of sp³-hybridized carbons (Fsp3) is 0.571. The van der Waals surface area contributed by atoms with Crippen molar-refractivity contribution >= 4 is 11.4 Å². The van der Waals surface area contributed by atoms with Crippen LogP contribution in [0.4, 0.5) is 11.4 Å². The van der Waals surface area contributed by atoms with Crippen LogP contribution < -0.4 is 15.8 Å². The fourth-order valence-corrected chi connectivity index (χ4v) is 1.64. The van der Waals surface area contributed by atoms with Crippen LogP contribution in [0.3, 0.4) is 0 Å². The van der Waals surface area contributed by atoms with Crippen LogP contribution in [-0.4, -0.2) is 13.2 Å². The van der Waals surface area contributed by atoms with Crippen LogP contribution in [0.2, 0.25) is 0 Å². The molecule has 0 bridgehead atoms. The molecule has 1 aromatic carbocycles. The number of nitrogen functional groups attached to an aromatic ring is 1. The summed E-state index contributed by atoms with van der Waals surface area (Å²) in [7, 11) is 0. The average Bonchev–Trinajstić information content (AvgIpc) is 2.31. The molecule has 96 valence electrons. The molecule has 0 radical (unpaired) electrons. The number of benzene rings is 1. The highest BCUT2D eigenvalue weighted by Gasteiger charge is 1.99. The summed E-state index contributed by atoms with van der Waals surface area (Å²) in [5, 5.41) is 3.38. The van der Waals surface area contributed by atoms with Crippen molar-refractivity contribution in [1.82, 2.24) is 0 Å². The highest BCUT2D eigenvalue weighted by molar-refractivity contribution is 5.59. The topological polar surface area (TPSA) is 47.3 Å². The third-order valence-corrected chi connectivity index (χ3v) is 2.51. The van der Waals surface area contributed by atoms with Gasteiger partial charge in [-0.05, 0) is 18.9 Å². The van der Waals surface area contributed by atoms with E-state index in [4.69, 9.17) is 10.5 Å². The Balaban J connectivity index is 2.50. The van der Waals surface area contributed by atoms with Crippen LogP contribution in [-0.2, 0) is 0 Å². The molecular formula is C14H24N2O. The Labute approximate surface area is 104 Å². The van der Waals surface area contributed by atoms with Gasteiger partial charge in [-0.25, -0.2) is 0 Å². The van der Waals surface area contributed by atoms with E-state index in [0.717, 1.165) is 36.7 Å². The second-order valence-electron chi connectivity index (χ2n) is 4.27. The van der Waals surface area contributed by atoms with Crippen molar-refractivity contribution in [2.24, 2.45) is 0 Å². The van der Waals surface area contributed by atoms with Gasteiger partial charge in [-0.15, -0.1) is 0 Å². The van der Waals surface area contributed by atoms with Crippen LogP contribution in [0.25, 0.3) is 0 Å². The van der Waals surface area contributed by atoms with Crippen LogP contribution in [0.15, 0.2) is 18.2 Å². The van der Waals surface area contributed by atoms with Crippen LogP contribution in [0.1, 0.15) is 39.5 Å². The number of nitrogens with one attached hydrogen (secondary N) is 1. The molecule has 0 aliphatic rings. The van der Waals surface area contributed by atoms with E-state index in [1.54, 1.807) is 0 Å². The summed E-state index contributed by atoms with van der Waals surface area (Å²) in [5.41, 5.74) is 7.64. The molecule has 0 amide bonds. The second kappa shape index (κ2) is 7.82. The number of ether oxygens (including phenoxy) is 1. The van der Waals surface area contributed by atoms with Crippen molar-refractivity contribution in [3.05, 3.63) is 18.2 Å². The predicted molar refractivity (Wildman–Crippen MR) is 74.7 cm³/mol. The Kier molecular flexibility index (Phi) is 6.30. The Morgan fingerprint density at radius 3 is 2.65 bits per heavy atom. The molecule has 3 N–H and O–H groups in total. The fourth-order valence-electron chi connectivity index (χ4n) is 1.64. The quantitative estimate of drug-likeness (QED) is 0.535. The van der Waals surface area contributed by atoms with Gasteiger partial charge in [-0.2, -0.15) is 0 Å². The summed E-state index contributed by atoms with van der Waals surface area (Å²) in [5.74, 6) is 0.852. The van der Waals surface area contributed by atoms with E-state index in [1.165, 1.54) is 19.3 Å². The zero-order valence-corrected chi connectivity index (χ0v) is 11.0. The maximum Gasteiger partial charge on any atom is 0.123 e. The number of hydrogen-bond donors (Lipinski definition) is 2. The number of rotatable bonds is 8. The number of anilines is 2. The van der Waals surface area contributed by atoms with E-state index in [0.29, 0.717) is 0 Å². The minimum atomic E-state index is 0.735. The Morgan fingerprint density at radius 1 is 1.12 bits per heavy atom. The van der Waals surface area contributed by atoms with Gasteiger partial charge in [-0.1, -0.05) is 26.7 Å². The lowest BCUT2D eigenvalue weighted by Crippen LogP contribution is -2.03. The average molecular weight is 236 g/mol. The third kappa shape index (κ3) is 5.48. The zero-order valence-electron chi connectivity index (χ0n) is 11.0. The van der Waals surface area contributed by atoms with E-state index >= 15 is 0 Å². The van der Waals surface area contributed by atoms with Crippen molar-refractivity contribution in [2.75, 3.05) is 24.2 Å². The second-order valence-corrected chi connectivity index (χ2v) is 4.27. The Bertz CT molecular complexity index is 326. The van der Waals surface area contributed by atoms with Gasteiger partial charge < -0.3 is 15.8 Å². The standard InChI is InChI=1S/C14H24N2O/c1-3-5-6-7-16-13-9-12(15)10-14(11-13)17-8-4-2/h9-11,16H,3-8,15H2,1-2H3. The van der Waals surface area contributed by atoms with Crippen molar-refractivity contribution < 1.29 is 4.74 Å². The molecule has 0 aliphatic carbocycles. The van der Waals surface area contributed by atoms with Crippen LogP contribution in [0.5, 0.6) is 5.75 Å². The Morgan fingerprint density at radius 2 is 1.94 bits per heavy atom. The minimum absolute atomic E-state index is 0.735. The van der Waals surface area contributed by atoms with E-state index < -0.39 is 0 Å². The third-order valence-electron chi connectivity index (χ3n) is 2.51. The van der Waals surface area contributed by atoms with Gasteiger partial charge in [0.25, 0.3) is 0 Å². The van der Waals surface area contributed by atoms with E-state index in [2.05, 4.69) is 19.2 Å². The predicted octanol–water partition coefficient (Wildman–Crippen LogP) is 3.66. The van der Waals surface area contributed by atoms with Gasteiger partial charge in [-0.3, -0.25) is 0 Å². The van der Waals surface area contributed by atoms with E-state index in [-0.39, 0.29) is 0 Å². The summed E-state index contributed by atoms with van der Waals surface area (Å²) in [6.07, 6.45) is 4.70. The van der Waals surface area contributed by atoms with Crippen molar-refractivity contribution in [2.45, 2.75) is 39.5 Å². The highest BCUT2D eigenvalue weighted by atomic mass is 16.5. The molecule has 1 aromatic rings. The first kappa shape index (κ1) is 13.7. The van der Waals surface area contributed by atoms with E-state index in [1.807, 2.05) is 18.2 Å². The molecule has 3 nitrogen and oxygen atoms in total. The van der Waals surface area contributed by atoms with Crippen LogP contribution in [0, 0.1) is 0 Å². The van der Waals surface area contributed by atoms with Crippen molar-refractivity contribution in [1.29, 1.82) is 0 Å². The number of unbranched alkanes of at least 4 members (excludes halogenated alkanes) is 2. The molecule has 0 aliphatic heterocycles. The molecule has 0 aromatic heterocycles. The first-order valence-corrected chi connectivity index (χ1v) is 6.53. The van der Waals surface area contributed by atoms with Gasteiger partial charge in [0.1, 0.15) is 5.75 Å². The normalized spacial score (nSPS) is 10.2. The lowest BCUT2D eigenvalue weighted by Gasteiger charge is -2.10. The molecule has 0 fully saturated rings. The summed E-state index contributed by atoms with van der Waals surface area (Å²) >= 11 is 0. The van der Waals surface area contributed by atoms with Crippen molar-refractivity contribution in [3.63, 3.8) is 0 Å². The molecule has 0 atom stereocenters. The van der Waals surface area contributed by atoms with Gasteiger partial charge >= 0.3 is 0 Å². The molecule has 1 rings (SSSR count). The van der Waals surface area contributed by atoms with E-state index in [9.17, 15) is 0 Å². The lowest BCUT2D eigenvalue weighted by atomic mass is 10.2. The molecule has 0 saturated heterocycles. The van der Waals surface area contributed by atoms with Gasteiger partial charge in [0.05, 0.1) is 6.61 Å². The minimum Gasteiger partial charge on any atom is -0.493 e. The highest BCUT2D eigenvalue weighted by Crippen LogP contribution is 2.22. The summed E-state index contributed by atoms with van der Waals surface area (Å²) in [6.45, 7) is 6.02. The maximum absolute atomic E-state index is 5.84. The molecule has 0 spiro atoms. The lowest BCUT2D eigenvalue weighted by molar-refractivity contribution is 0.318. The zero-order chi connectivity index (χ0) is 12.5. The number of hydrogen-bond acceptors (Lipinski definition) is 3. The van der Waals surface area contributed by atoms with Gasteiger partial charge in [0, 0.05) is 30.1 Å². The maximum atomic E-state index is 5.84. The molecular weight excluding hydrogens is 212 g/mol. The monoisotopic (exact) mass is 236 g/mol.